The molecule has 0 aliphatic carbocycles. The third-order valence-corrected chi connectivity index (χ3v) is 6.33. The molecule has 33 heavy (non-hydrogen) atoms. The fourth-order valence-electron chi connectivity index (χ4n) is 3.53. The molecule has 3 aromatic rings. The minimum Gasteiger partial charge on any atom is -0.475 e. The van der Waals surface area contributed by atoms with Crippen LogP contribution in [0.2, 0.25) is 0 Å². The van der Waals surface area contributed by atoms with Crippen molar-refractivity contribution >= 4 is 21.9 Å². The number of hydrogen-bond acceptors (Lipinski definition) is 6. The molecule has 1 aromatic heterocycles. The number of nitrogens with zero attached hydrogens (tertiary/aromatic N) is 2. The van der Waals surface area contributed by atoms with Gasteiger partial charge >= 0.3 is 0 Å². The van der Waals surface area contributed by atoms with Crippen LogP contribution in [0.1, 0.15) is 30.6 Å². The van der Waals surface area contributed by atoms with Gasteiger partial charge in [0.05, 0.1) is 16.6 Å². The first kappa shape index (κ1) is 22.7. The molecule has 2 heterocycles. The molecule has 1 amide bonds. The van der Waals surface area contributed by atoms with E-state index in [9.17, 15) is 17.6 Å². The van der Waals surface area contributed by atoms with Crippen LogP contribution in [0.4, 0.5) is 10.3 Å². The van der Waals surface area contributed by atoms with Gasteiger partial charge < -0.3 is 10.1 Å². The monoisotopic (exact) mass is 470 g/mol. The van der Waals surface area contributed by atoms with Gasteiger partial charge in [0.2, 0.25) is 11.8 Å². The molecule has 4 rings (SSSR count). The summed E-state index contributed by atoms with van der Waals surface area (Å²) in [6.07, 6.45) is 0.625. The van der Waals surface area contributed by atoms with E-state index in [2.05, 4.69) is 20.0 Å². The average molecular weight is 471 g/mol. The van der Waals surface area contributed by atoms with E-state index in [0.717, 1.165) is 0 Å². The smallest absolute Gasteiger partial charge is 0.264 e. The Morgan fingerprint density at radius 3 is 2.67 bits per heavy atom. The van der Waals surface area contributed by atoms with E-state index in [1.54, 1.807) is 12.1 Å². The first-order valence-corrected chi connectivity index (χ1v) is 11.9. The van der Waals surface area contributed by atoms with Crippen LogP contribution in [0, 0.1) is 11.7 Å². The number of nitrogens with one attached hydrogen (secondary N) is 2. The summed E-state index contributed by atoms with van der Waals surface area (Å²) in [5, 5.41) is 2.90. The molecule has 2 aromatic carbocycles. The van der Waals surface area contributed by atoms with Gasteiger partial charge in [-0.3, -0.25) is 4.79 Å². The van der Waals surface area contributed by atoms with Crippen molar-refractivity contribution in [1.29, 1.82) is 0 Å². The lowest BCUT2D eigenvalue weighted by Crippen LogP contribution is -2.40. The highest BCUT2D eigenvalue weighted by Gasteiger charge is 2.23. The van der Waals surface area contributed by atoms with Gasteiger partial charge in [-0.15, -0.1) is 0 Å². The van der Waals surface area contributed by atoms with E-state index in [-0.39, 0.29) is 52.1 Å². The Kier molecular flexibility index (Phi) is 6.28. The highest BCUT2D eigenvalue weighted by atomic mass is 32.2. The van der Waals surface area contributed by atoms with Gasteiger partial charge in [-0.25, -0.2) is 22.5 Å². The molecule has 0 saturated heterocycles. The molecular weight excluding hydrogens is 447 g/mol. The zero-order valence-electron chi connectivity index (χ0n) is 18.1. The molecule has 8 nitrogen and oxygen atoms in total. The number of amides is 1. The molecule has 0 fully saturated rings. The Bertz CT molecular complexity index is 1300. The van der Waals surface area contributed by atoms with Gasteiger partial charge in [-0.1, -0.05) is 32.0 Å². The van der Waals surface area contributed by atoms with E-state index < -0.39 is 21.7 Å². The minimum atomic E-state index is -4.13. The Hall–Kier alpha value is -3.53. The number of sulfonamides is 1. The summed E-state index contributed by atoms with van der Waals surface area (Å²) in [6, 6.07) is 12.7. The predicted octanol–water partition coefficient (Wildman–Crippen LogP) is 3.62. The summed E-state index contributed by atoms with van der Waals surface area (Å²) in [4.78, 5) is 21.0. The van der Waals surface area contributed by atoms with Gasteiger partial charge in [-0.05, 0) is 42.7 Å². The molecule has 0 unspecified atom stereocenters. The third-order valence-electron chi connectivity index (χ3n) is 5.01. The highest BCUT2D eigenvalue weighted by Crippen LogP contribution is 2.26. The second-order valence-electron chi connectivity index (χ2n) is 8.14. The number of carbonyl (C=O) groups excluding carboxylic acids is 1. The number of fused-ring (bicyclic) bond motifs is 4. The van der Waals surface area contributed by atoms with Crippen molar-refractivity contribution in [3.05, 3.63) is 66.0 Å². The zero-order valence-corrected chi connectivity index (χ0v) is 18.9. The first-order valence-electron chi connectivity index (χ1n) is 10.4. The number of anilines is 1. The predicted molar refractivity (Wildman–Crippen MR) is 121 cm³/mol. The second kappa shape index (κ2) is 9.14. The number of carbonyl (C=O) groups is 1. The number of aromatic nitrogens is 2. The summed E-state index contributed by atoms with van der Waals surface area (Å²) in [5.41, 5.74) is 0.526. The van der Waals surface area contributed by atoms with Crippen LogP contribution in [-0.4, -0.2) is 36.9 Å². The van der Waals surface area contributed by atoms with E-state index in [1.807, 2.05) is 13.8 Å². The van der Waals surface area contributed by atoms with Crippen molar-refractivity contribution in [1.82, 2.24) is 15.3 Å². The van der Waals surface area contributed by atoms with Crippen LogP contribution in [0.25, 0.3) is 11.3 Å². The van der Waals surface area contributed by atoms with Crippen molar-refractivity contribution in [3.8, 4) is 17.1 Å². The van der Waals surface area contributed by atoms with Gasteiger partial charge in [0.1, 0.15) is 12.4 Å². The second-order valence-corrected chi connectivity index (χ2v) is 9.82. The van der Waals surface area contributed by atoms with Crippen LogP contribution in [0.5, 0.6) is 5.88 Å². The lowest BCUT2D eigenvalue weighted by Gasteiger charge is -2.21. The molecule has 10 heteroatoms. The Morgan fingerprint density at radius 1 is 1.12 bits per heavy atom. The van der Waals surface area contributed by atoms with Crippen molar-refractivity contribution in [2.24, 2.45) is 5.92 Å². The highest BCUT2D eigenvalue weighted by molar-refractivity contribution is 7.92. The lowest BCUT2D eigenvalue weighted by molar-refractivity contribution is 0.0913. The molecule has 0 spiro atoms. The Morgan fingerprint density at radius 2 is 1.91 bits per heavy atom. The summed E-state index contributed by atoms with van der Waals surface area (Å²) < 4.78 is 48.5. The molecule has 172 valence electrons. The Balaban J connectivity index is 1.83. The van der Waals surface area contributed by atoms with Crippen molar-refractivity contribution in [3.63, 3.8) is 0 Å². The number of rotatable bonds is 3. The van der Waals surface area contributed by atoms with E-state index in [4.69, 9.17) is 4.74 Å². The molecule has 2 N–H and O–H groups in total. The van der Waals surface area contributed by atoms with Gasteiger partial charge in [0.15, 0.2) is 0 Å². The third kappa shape index (κ3) is 5.28. The molecule has 4 bridgehead atoms. The fourth-order valence-corrected chi connectivity index (χ4v) is 4.52. The standard InChI is InChI=1S/C23H23FN4O4S/c1-14(2)10-16-13-32-21-12-20(18-8-3-4-9-19(18)24)26-23(27-21)28-33(30,31)17-7-5-6-15(11-17)22(29)25-16/h3-9,11-12,14,16H,10,13H2,1-2H3,(H,25,29)(H,26,27,28)/t16-/m1/s1. The van der Waals surface area contributed by atoms with Crippen molar-refractivity contribution in [2.75, 3.05) is 11.3 Å². The van der Waals surface area contributed by atoms with Crippen LogP contribution >= 0.6 is 0 Å². The zero-order chi connectivity index (χ0) is 23.6. The fraction of sp³-hybridized carbons (Fsp3) is 0.261. The normalized spacial score (nSPS) is 17.6. The maximum Gasteiger partial charge on any atom is 0.264 e. The van der Waals surface area contributed by atoms with Crippen molar-refractivity contribution < 1.29 is 22.3 Å². The summed E-state index contributed by atoms with van der Waals surface area (Å²) in [7, 11) is -4.13. The summed E-state index contributed by atoms with van der Waals surface area (Å²) in [5.74, 6) is -0.889. The van der Waals surface area contributed by atoms with E-state index in [1.165, 1.54) is 42.5 Å². The summed E-state index contributed by atoms with van der Waals surface area (Å²) >= 11 is 0. The van der Waals surface area contributed by atoms with Crippen LogP contribution in [-0.2, 0) is 10.0 Å². The van der Waals surface area contributed by atoms with Gasteiger partial charge in [0, 0.05) is 17.2 Å². The van der Waals surface area contributed by atoms with Gasteiger partial charge in [0.25, 0.3) is 15.9 Å². The molecular formula is C23H23FN4O4S. The molecule has 0 saturated carbocycles. The summed E-state index contributed by atoms with van der Waals surface area (Å²) in [6.45, 7) is 4.12. The molecule has 1 atom stereocenters. The first-order chi connectivity index (χ1) is 15.7. The maximum absolute atomic E-state index is 14.4. The lowest BCUT2D eigenvalue weighted by atomic mass is 10.0. The number of halogens is 1. The topological polar surface area (TPSA) is 110 Å². The Labute approximate surface area is 191 Å². The van der Waals surface area contributed by atoms with Crippen LogP contribution in [0.3, 0.4) is 0 Å². The van der Waals surface area contributed by atoms with E-state index in [0.29, 0.717) is 6.42 Å². The minimum absolute atomic E-state index is 0.0508. The van der Waals surface area contributed by atoms with E-state index >= 15 is 0 Å². The number of ether oxygens (including phenoxy) is 1. The SMILES string of the molecule is CC(C)C[C@@H]1COc2cc(-c3ccccc3F)nc(n2)NS(=O)(=O)c2cccc(c2)C(=O)N1. The number of hydrogen-bond donors (Lipinski definition) is 2. The van der Waals surface area contributed by atoms with Crippen LogP contribution in [0.15, 0.2) is 59.5 Å². The molecule has 1 aliphatic rings. The van der Waals surface area contributed by atoms with Gasteiger partial charge in [-0.2, -0.15) is 4.98 Å². The number of benzene rings is 2. The molecule has 1 aliphatic heterocycles. The molecule has 0 radical (unpaired) electrons. The largest absolute Gasteiger partial charge is 0.475 e. The van der Waals surface area contributed by atoms with Crippen molar-refractivity contribution in [2.45, 2.75) is 31.2 Å². The van der Waals surface area contributed by atoms with Crippen LogP contribution < -0.4 is 14.8 Å². The average Bonchev–Trinajstić information content (AvgIpc) is 2.76. The maximum atomic E-state index is 14.4. The quantitative estimate of drug-likeness (QED) is 0.605.